The highest BCUT2D eigenvalue weighted by atomic mass is 16.5. The van der Waals surface area contributed by atoms with Crippen LogP contribution in [0, 0.1) is 5.92 Å². The maximum atomic E-state index is 12.9. The average Bonchev–Trinajstić information content (AvgIpc) is 3.15. The Hall–Kier alpha value is -3.39. The summed E-state index contributed by atoms with van der Waals surface area (Å²) in [5.41, 5.74) is 3.34. The first kappa shape index (κ1) is 25.2. The molecule has 0 fully saturated rings. The molecule has 2 aromatic heterocycles. The minimum Gasteiger partial charge on any atom is -0.464 e. The van der Waals surface area contributed by atoms with E-state index in [4.69, 9.17) is 9.47 Å². The fourth-order valence-electron chi connectivity index (χ4n) is 3.80. The minimum absolute atomic E-state index is 0.124. The maximum absolute atomic E-state index is 12.9. The molecule has 0 saturated heterocycles. The zero-order valence-electron chi connectivity index (χ0n) is 20.4. The second-order valence-electron chi connectivity index (χ2n) is 8.43. The predicted octanol–water partition coefficient (Wildman–Crippen LogP) is 4.50. The van der Waals surface area contributed by atoms with E-state index in [2.05, 4.69) is 41.6 Å². The third-order valence-corrected chi connectivity index (χ3v) is 5.86. The second-order valence-corrected chi connectivity index (χ2v) is 8.43. The summed E-state index contributed by atoms with van der Waals surface area (Å²) in [6, 6.07) is 12.1. The molecule has 1 atom stereocenters. The Morgan fingerprint density at radius 3 is 2.62 bits per heavy atom. The number of pyridine rings is 1. The Balaban J connectivity index is 2.02. The lowest BCUT2D eigenvalue weighted by Crippen LogP contribution is -2.20. The molecular weight excluding hydrogens is 432 g/mol. The van der Waals surface area contributed by atoms with Gasteiger partial charge in [-0.05, 0) is 30.4 Å². The summed E-state index contributed by atoms with van der Waals surface area (Å²) in [5.74, 6) is -0.377. The number of hydrogen-bond acceptors (Lipinski definition) is 6. The molecule has 0 spiro atoms. The molecule has 0 saturated carbocycles. The number of nitrogens with one attached hydrogen (secondary N) is 2. The van der Waals surface area contributed by atoms with E-state index in [0.717, 1.165) is 31.5 Å². The molecule has 8 heteroatoms. The number of carbonyl (C=O) groups is 2. The number of esters is 1. The van der Waals surface area contributed by atoms with E-state index in [1.54, 1.807) is 6.20 Å². The van der Waals surface area contributed by atoms with E-state index in [9.17, 15) is 9.59 Å². The molecule has 3 aromatic rings. The van der Waals surface area contributed by atoms with Crippen LogP contribution in [0.25, 0.3) is 11.0 Å². The standard InChI is InChI=1S/C26H34N4O4/c1-5-18(2)15-27-20-14-21-23(29-22(31)17-33-3)24(26(32)34-4)30(25(21)28-16-20)13-9-12-19-10-7-6-8-11-19/h6-8,10-11,14,16,18,27H,5,9,12-13,15,17H2,1-4H3,(H,29,31). The number of nitrogens with zero attached hydrogens (tertiary/aromatic N) is 2. The number of anilines is 2. The fraction of sp³-hybridized carbons (Fsp3) is 0.423. The van der Waals surface area contributed by atoms with E-state index in [1.807, 2.05) is 28.8 Å². The van der Waals surface area contributed by atoms with Gasteiger partial charge in [0, 0.05) is 25.6 Å². The molecule has 0 aliphatic heterocycles. The monoisotopic (exact) mass is 466 g/mol. The quantitative estimate of drug-likeness (QED) is 0.382. The molecular formula is C26H34N4O4. The summed E-state index contributed by atoms with van der Waals surface area (Å²) in [6.07, 6.45) is 4.46. The molecule has 182 valence electrons. The van der Waals surface area contributed by atoms with Gasteiger partial charge in [-0.3, -0.25) is 4.79 Å². The number of ether oxygens (including phenoxy) is 2. The van der Waals surface area contributed by atoms with Gasteiger partial charge in [-0.25, -0.2) is 9.78 Å². The van der Waals surface area contributed by atoms with Gasteiger partial charge in [0.15, 0.2) is 5.69 Å². The van der Waals surface area contributed by atoms with Gasteiger partial charge in [-0.15, -0.1) is 0 Å². The van der Waals surface area contributed by atoms with Crippen LogP contribution in [-0.2, 0) is 27.2 Å². The number of amides is 1. The molecule has 34 heavy (non-hydrogen) atoms. The first-order chi connectivity index (χ1) is 16.5. The van der Waals surface area contributed by atoms with Crippen molar-refractivity contribution < 1.29 is 19.1 Å². The van der Waals surface area contributed by atoms with Gasteiger partial charge in [0.2, 0.25) is 5.91 Å². The normalized spacial score (nSPS) is 11.9. The molecule has 2 N–H and O–H groups in total. The van der Waals surface area contributed by atoms with Gasteiger partial charge in [-0.1, -0.05) is 50.6 Å². The second kappa shape index (κ2) is 12.2. The SMILES string of the molecule is CCC(C)CNc1cnc2c(c1)c(NC(=O)COC)c(C(=O)OC)n2CCCc1ccccc1. The van der Waals surface area contributed by atoms with Crippen molar-refractivity contribution in [1.82, 2.24) is 9.55 Å². The van der Waals surface area contributed by atoms with Crippen molar-refractivity contribution in [3.8, 4) is 0 Å². The van der Waals surface area contributed by atoms with Crippen molar-refractivity contribution in [3.05, 3.63) is 53.9 Å². The highest BCUT2D eigenvalue weighted by molar-refractivity contribution is 6.11. The van der Waals surface area contributed by atoms with Crippen LogP contribution in [0.15, 0.2) is 42.6 Å². The van der Waals surface area contributed by atoms with Crippen LogP contribution >= 0.6 is 0 Å². The van der Waals surface area contributed by atoms with Gasteiger partial charge >= 0.3 is 5.97 Å². The van der Waals surface area contributed by atoms with Gasteiger partial charge in [-0.2, -0.15) is 0 Å². The molecule has 0 radical (unpaired) electrons. The lowest BCUT2D eigenvalue weighted by molar-refractivity contribution is -0.119. The van der Waals surface area contributed by atoms with Crippen molar-refractivity contribution in [2.24, 2.45) is 5.92 Å². The summed E-state index contributed by atoms with van der Waals surface area (Å²) in [4.78, 5) is 30.0. The number of aryl methyl sites for hydroxylation is 2. The largest absolute Gasteiger partial charge is 0.464 e. The van der Waals surface area contributed by atoms with Crippen LogP contribution in [-0.4, -0.2) is 48.8 Å². The van der Waals surface area contributed by atoms with E-state index < -0.39 is 5.97 Å². The average molecular weight is 467 g/mol. The maximum Gasteiger partial charge on any atom is 0.356 e. The first-order valence-corrected chi connectivity index (χ1v) is 11.7. The lowest BCUT2D eigenvalue weighted by atomic mass is 10.1. The molecule has 0 aliphatic carbocycles. The number of carbonyl (C=O) groups excluding carboxylic acids is 2. The van der Waals surface area contributed by atoms with Gasteiger partial charge < -0.3 is 24.7 Å². The molecule has 1 amide bonds. The van der Waals surface area contributed by atoms with Crippen LogP contribution in [0.4, 0.5) is 11.4 Å². The zero-order valence-corrected chi connectivity index (χ0v) is 20.4. The summed E-state index contributed by atoms with van der Waals surface area (Å²) < 4.78 is 11.9. The summed E-state index contributed by atoms with van der Waals surface area (Å²) in [7, 11) is 2.79. The number of hydrogen-bond donors (Lipinski definition) is 2. The van der Waals surface area contributed by atoms with Crippen LogP contribution < -0.4 is 10.6 Å². The highest BCUT2D eigenvalue weighted by Gasteiger charge is 2.26. The first-order valence-electron chi connectivity index (χ1n) is 11.7. The van der Waals surface area contributed by atoms with E-state index >= 15 is 0 Å². The van der Waals surface area contributed by atoms with Crippen molar-refractivity contribution >= 4 is 34.3 Å². The fourth-order valence-corrected chi connectivity index (χ4v) is 3.80. The van der Waals surface area contributed by atoms with Gasteiger partial charge in [0.1, 0.15) is 12.3 Å². The van der Waals surface area contributed by atoms with Crippen LogP contribution in [0.1, 0.15) is 42.7 Å². The van der Waals surface area contributed by atoms with Crippen LogP contribution in [0.2, 0.25) is 0 Å². The molecule has 1 aromatic carbocycles. The minimum atomic E-state index is -0.528. The van der Waals surface area contributed by atoms with Crippen LogP contribution in [0.3, 0.4) is 0 Å². The Morgan fingerprint density at radius 2 is 1.94 bits per heavy atom. The topological polar surface area (TPSA) is 94.5 Å². The molecule has 2 heterocycles. The predicted molar refractivity (Wildman–Crippen MR) is 134 cm³/mol. The van der Waals surface area contributed by atoms with Crippen molar-refractivity contribution in [1.29, 1.82) is 0 Å². The third kappa shape index (κ3) is 6.14. The summed E-state index contributed by atoms with van der Waals surface area (Å²) in [6.45, 7) is 5.54. The molecule has 0 aliphatic rings. The number of aromatic nitrogens is 2. The van der Waals surface area contributed by atoms with Crippen molar-refractivity contribution in [2.75, 3.05) is 38.0 Å². The van der Waals surface area contributed by atoms with E-state index in [0.29, 0.717) is 29.2 Å². The Labute approximate surface area is 200 Å². The summed E-state index contributed by atoms with van der Waals surface area (Å²) >= 11 is 0. The molecule has 8 nitrogen and oxygen atoms in total. The Bertz CT molecular complexity index is 1110. The van der Waals surface area contributed by atoms with Crippen LogP contribution in [0.5, 0.6) is 0 Å². The van der Waals surface area contributed by atoms with Crippen molar-refractivity contribution in [3.63, 3.8) is 0 Å². The summed E-state index contributed by atoms with van der Waals surface area (Å²) in [5, 5.41) is 6.93. The number of fused-ring (bicyclic) bond motifs is 1. The smallest absolute Gasteiger partial charge is 0.356 e. The Morgan fingerprint density at radius 1 is 1.18 bits per heavy atom. The van der Waals surface area contributed by atoms with Gasteiger partial charge in [0.05, 0.1) is 24.7 Å². The lowest BCUT2D eigenvalue weighted by Gasteiger charge is -2.11. The molecule has 0 bridgehead atoms. The molecule has 1 unspecified atom stereocenters. The number of rotatable bonds is 12. The van der Waals surface area contributed by atoms with Crippen molar-refractivity contribution in [2.45, 2.75) is 39.7 Å². The Kier molecular flexibility index (Phi) is 9.04. The van der Waals surface area contributed by atoms with Gasteiger partial charge in [0.25, 0.3) is 0 Å². The number of methoxy groups -OCH3 is 2. The number of benzene rings is 1. The van der Waals surface area contributed by atoms with E-state index in [-0.39, 0.29) is 18.2 Å². The zero-order chi connectivity index (χ0) is 24.5. The molecule has 3 rings (SSSR count). The third-order valence-electron chi connectivity index (χ3n) is 5.86. The van der Waals surface area contributed by atoms with E-state index in [1.165, 1.54) is 19.8 Å². The highest BCUT2D eigenvalue weighted by Crippen LogP contribution is 2.33.